The molecule has 4 aromatic rings. The number of amides is 1. The monoisotopic (exact) mass is 626 g/mol. The van der Waals surface area contributed by atoms with E-state index in [1.165, 1.54) is 11.6 Å². The maximum absolute atomic E-state index is 16.9. The molecular weight excluding hydrogens is 591 g/mol. The van der Waals surface area contributed by atoms with Crippen LogP contribution in [0.1, 0.15) is 55.7 Å². The Labute approximate surface area is 267 Å². The summed E-state index contributed by atoms with van der Waals surface area (Å²) in [5.74, 6) is -0.348. The van der Waals surface area contributed by atoms with Crippen molar-refractivity contribution in [2.24, 2.45) is 0 Å². The number of carbonyl (C=O) groups is 1. The number of hydrogen-bond acceptors (Lipinski definition) is 6. The number of benzene rings is 2. The number of nitriles is 1. The van der Waals surface area contributed by atoms with Crippen LogP contribution in [-0.2, 0) is 17.6 Å². The molecule has 7 rings (SSSR count). The number of likely N-dealkylation sites (N-methyl/N-ethyl adjacent to an activating group) is 1. The van der Waals surface area contributed by atoms with E-state index in [4.69, 9.17) is 26.3 Å². The van der Waals surface area contributed by atoms with Crippen LogP contribution in [0, 0.1) is 17.1 Å². The van der Waals surface area contributed by atoms with Gasteiger partial charge in [0.2, 0.25) is 11.8 Å². The first kappa shape index (κ1) is 29.7. The molecule has 3 atom stereocenters. The Kier molecular flexibility index (Phi) is 7.96. The first-order chi connectivity index (χ1) is 21.9. The number of ether oxygens (including phenoxy) is 1. The van der Waals surface area contributed by atoms with Crippen molar-refractivity contribution in [1.29, 1.82) is 5.26 Å². The third-order valence-electron chi connectivity index (χ3n) is 10.0. The summed E-state index contributed by atoms with van der Waals surface area (Å²) in [5, 5.41) is 10.4. The fourth-order valence-corrected chi connectivity index (χ4v) is 7.96. The molecule has 2 unspecified atom stereocenters. The van der Waals surface area contributed by atoms with Gasteiger partial charge in [0.25, 0.3) is 0 Å². The van der Waals surface area contributed by atoms with Gasteiger partial charge in [-0.2, -0.15) is 5.26 Å². The number of pyridine rings is 1. The highest BCUT2D eigenvalue weighted by molar-refractivity contribution is 6.34. The Balaban J connectivity index is 1.38. The molecule has 0 bridgehead atoms. The van der Waals surface area contributed by atoms with E-state index in [0.29, 0.717) is 58.9 Å². The second-order valence-electron chi connectivity index (χ2n) is 12.5. The van der Waals surface area contributed by atoms with E-state index in [1.807, 2.05) is 22.8 Å². The van der Waals surface area contributed by atoms with E-state index in [0.717, 1.165) is 49.8 Å². The average molecular weight is 627 g/mol. The molecule has 4 heterocycles. The van der Waals surface area contributed by atoms with Crippen molar-refractivity contribution >= 4 is 39.4 Å². The Morgan fingerprint density at radius 2 is 2.09 bits per heavy atom. The van der Waals surface area contributed by atoms with Crippen LogP contribution in [0.2, 0.25) is 5.02 Å². The van der Waals surface area contributed by atoms with Gasteiger partial charge in [-0.15, -0.1) is 0 Å². The zero-order valence-corrected chi connectivity index (χ0v) is 26.2. The molecule has 3 aliphatic rings. The lowest BCUT2D eigenvalue weighted by Crippen LogP contribution is -2.45. The van der Waals surface area contributed by atoms with Gasteiger partial charge in [-0.05, 0) is 87.4 Å². The predicted octanol–water partition coefficient (Wildman–Crippen LogP) is 6.64. The number of carbonyl (C=O) groups excluding carboxylic acids is 1. The van der Waals surface area contributed by atoms with Gasteiger partial charge < -0.3 is 19.1 Å². The number of aryl methyl sites for hydroxylation is 1. The largest absolute Gasteiger partial charge is 0.474 e. The molecule has 0 spiro atoms. The third kappa shape index (κ3) is 5.14. The Bertz CT molecular complexity index is 1860. The van der Waals surface area contributed by atoms with Crippen LogP contribution in [0.25, 0.3) is 33.1 Å². The lowest BCUT2D eigenvalue weighted by Gasteiger charge is -2.38. The van der Waals surface area contributed by atoms with E-state index >= 15 is 4.39 Å². The van der Waals surface area contributed by atoms with Gasteiger partial charge in [0, 0.05) is 35.6 Å². The highest BCUT2D eigenvalue weighted by Gasteiger charge is 2.34. The number of halogens is 2. The normalized spacial score (nSPS) is 21.7. The van der Waals surface area contributed by atoms with Crippen LogP contribution in [0.4, 0.5) is 4.39 Å². The van der Waals surface area contributed by atoms with E-state index in [1.54, 1.807) is 11.2 Å². The third-order valence-corrected chi connectivity index (χ3v) is 10.3. The Hall–Kier alpha value is -4.00. The molecule has 2 fully saturated rings. The highest BCUT2D eigenvalue weighted by Crippen LogP contribution is 2.43. The number of hydrogen-bond donors (Lipinski definition) is 0. The second kappa shape index (κ2) is 12.1. The average Bonchev–Trinajstić information content (AvgIpc) is 3.80. The molecule has 2 aromatic heterocycles. The van der Waals surface area contributed by atoms with Gasteiger partial charge in [0.05, 0.1) is 29.4 Å². The van der Waals surface area contributed by atoms with E-state index in [9.17, 15) is 10.1 Å². The number of aromatic nitrogens is 3. The fourth-order valence-electron chi connectivity index (χ4n) is 7.67. The molecule has 1 amide bonds. The predicted molar refractivity (Wildman–Crippen MR) is 173 cm³/mol. The number of nitrogens with zero attached hydrogens (tertiary/aromatic N) is 6. The number of imidazole rings is 1. The molecule has 45 heavy (non-hydrogen) atoms. The quantitative estimate of drug-likeness (QED) is 0.214. The van der Waals surface area contributed by atoms with Gasteiger partial charge in [-0.25, -0.2) is 14.4 Å². The van der Waals surface area contributed by atoms with E-state index < -0.39 is 5.82 Å². The van der Waals surface area contributed by atoms with Gasteiger partial charge in [0.1, 0.15) is 12.1 Å². The summed E-state index contributed by atoms with van der Waals surface area (Å²) < 4.78 is 25.3. The summed E-state index contributed by atoms with van der Waals surface area (Å²) in [5.41, 5.74) is 5.02. The van der Waals surface area contributed by atoms with Crippen LogP contribution in [0.3, 0.4) is 0 Å². The summed E-state index contributed by atoms with van der Waals surface area (Å²) >= 11 is 6.96. The second-order valence-corrected chi connectivity index (χ2v) is 12.9. The molecule has 1 aliphatic carbocycles. The number of likely N-dealkylation sites (tertiary alicyclic amines) is 2. The van der Waals surface area contributed by atoms with Crippen LogP contribution < -0.4 is 4.74 Å². The lowest BCUT2D eigenvalue weighted by atomic mass is 9.94. The molecule has 0 radical (unpaired) electrons. The zero-order chi connectivity index (χ0) is 31.2. The molecule has 2 aliphatic heterocycles. The minimum absolute atomic E-state index is 0.0828. The zero-order valence-electron chi connectivity index (χ0n) is 25.4. The maximum atomic E-state index is 16.9. The standard InChI is InChI=1S/C35H36ClFN6O2/c1-3-29(44)42-16-13-23(17-22(42)12-14-38)43-20-39-33-34(43)27-18-28(36)30(26-11-5-8-21-7-4-10-25(21)26)31(37)32(27)40-35(33)45-19-24-9-6-15-41(24)2/h3,5,8,11,18,20,22-24H,1,4,6-7,9-10,12-13,15-17,19H2,2H3/t22?,23?,24-/m0/s1. The van der Waals surface area contributed by atoms with Crippen LogP contribution >= 0.6 is 11.6 Å². The number of rotatable bonds is 7. The van der Waals surface area contributed by atoms with Crippen molar-refractivity contribution in [2.45, 2.75) is 69.5 Å². The molecule has 0 saturated carbocycles. The molecule has 10 heteroatoms. The molecular formula is C35H36ClFN6O2. The summed E-state index contributed by atoms with van der Waals surface area (Å²) in [7, 11) is 2.09. The summed E-state index contributed by atoms with van der Waals surface area (Å²) in [6, 6.07) is 9.97. The minimum atomic E-state index is -0.468. The summed E-state index contributed by atoms with van der Waals surface area (Å²) in [6.07, 6.45) is 9.49. The molecule has 0 N–H and O–H groups in total. The van der Waals surface area contributed by atoms with Gasteiger partial charge in [0.15, 0.2) is 11.3 Å². The summed E-state index contributed by atoms with van der Waals surface area (Å²) in [4.78, 5) is 26.1. The lowest BCUT2D eigenvalue weighted by molar-refractivity contribution is -0.130. The molecule has 2 aromatic carbocycles. The van der Waals surface area contributed by atoms with Crippen molar-refractivity contribution in [2.75, 3.05) is 26.7 Å². The van der Waals surface area contributed by atoms with Gasteiger partial charge in [-0.3, -0.25) is 4.79 Å². The number of fused-ring (bicyclic) bond motifs is 4. The van der Waals surface area contributed by atoms with Crippen molar-refractivity contribution in [3.63, 3.8) is 0 Å². The van der Waals surface area contributed by atoms with Gasteiger partial charge in [-0.1, -0.05) is 36.4 Å². The maximum Gasteiger partial charge on any atom is 0.246 e. The first-order valence-electron chi connectivity index (χ1n) is 15.8. The SMILES string of the molecule is C=CC(=O)N1CCC(n2cnc3c(OC[C@@H]4CCCN4C)nc4c(F)c(-c5cccc6c5CCC6)c(Cl)cc4c32)CC1CC#N. The number of piperidine rings is 1. The molecule has 232 valence electrons. The first-order valence-corrected chi connectivity index (χ1v) is 16.2. The molecule has 8 nitrogen and oxygen atoms in total. The van der Waals surface area contributed by atoms with Crippen molar-refractivity contribution in [3.8, 4) is 23.1 Å². The smallest absolute Gasteiger partial charge is 0.246 e. The summed E-state index contributed by atoms with van der Waals surface area (Å²) in [6.45, 7) is 5.55. The van der Waals surface area contributed by atoms with Crippen molar-refractivity contribution in [1.82, 2.24) is 24.3 Å². The van der Waals surface area contributed by atoms with Gasteiger partial charge >= 0.3 is 0 Å². The topological polar surface area (TPSA) is 87.3 Å². The Morgan fingerprint density at radius 3 is 2.87 bits per heavy atom. The van der Waals surface area contributed by atoms with Crippen molar-refractivity contribution < 1.29 is 13.9 Å². The van der Waals surface area contributed by atoms with E-state index in [2.05, 4.69) is 30.7 Å². The van der Waals surface area contributed by atoms with Crippen LogP contribution in [0.5, 0.6) is 5.88 Å². The van der Waals surface area contributed by atoms with Crippen LogP contribution in [0.15, 0.2) is 43.2 Å². The highest BCUT2D eigenvalue weighted by atomic mass is 35.5. The minimum Gasteiger partial charge on any atom is -0.474 e. The Morgan fingerprint density at radius 1 is 1.22 bits per heavy atom. The fraction of sp³-hybridized carbons (Fsp3) is 0.429. The van der Waals surface area contributed by atoms with E-state index in [-0.39, 0.29) is 36.0 Å². The van der Waals surface area contributed by atoms with Crippen LogP contribution in [-0.4, -0.2) is 69.1 Å². The van der Waals surface area contributed by atoms with Crippen molar-refractivity contribution in [3.05, 3.63) is 65.2 Å². The molecule has 2 saturated heterocycles.